The van der Waals surface area contributed by atoms with Crippen LogP contribution in [0.25, 0.3) is 0 Å². The Balaban J connectivity index is 2.19. The number of carbonyl (C=O) groups excluding carboxylic acids is 1. The Bertz CT molecular complexity index is 407. The number of hydrogen-bond acceptors (Lipinski definition) is 2. The molecule has 0 unspecified atom stereocenters. The van der Waals surface area contributed by atoms with Crippen molar-refractivity contribution in [2.24, 2.45) is 0 Å². The monoisotopic (exact) mass is 259 g/mol. The van der Waals surface area contributed by atoms with Gasteiger partial charge in [0.15, 0.2) is 0 Å². The summed E-state index contributed by atoms with van der Waals surface area (Å²) in [4.78, 5) is 13.6. The fourth-order valence-corrected chi connectivity index (χ4v) is 2.66. The summed E-state index contributed by atoms with van der Waals surface area (Å²) in [6.07, 6.45) is 0. The highest BCUT2D eigenvalue weighted by atomic mass is 35.5. The Hall–Kier alpha value is -0.740. The molecule has 5 heteroatoms. The zero-order valence-electron chi connectivity index (χ0n) is 8.58. The van der Waals surface area contributed by atoms with Gasteiger partial charge >= 0.3 is 0 Å². The van der Waals surface area contributed by atoms with E-state index in [9.17, 15) is 9.18 Å². The lowest BCUT2D eigenvalue weighted by atomic mass is 10.2. The molecule has 1 aliphatic heterocycles. The van der Waals surface area contributed by atoms with Gasteiger partial charge in [-0.1, -0.05) is 11.6 Å². The van der Waals surface area contributed by atoms with Gasteiger partial charge in [0.2, 0.25) is 0 Å². The largest absolute Gasteiger partial charge is 0.337 e. The summed E-state index contributed by atoms with van der Waals surface area (Å²) in [6, 6.07) is 4.16. The molecule has 1 heterocycles. The molecule has 0 spiro atoms. The van der Waals surface area contributed by atoms with Crippen LogP contribution in [0.15, 0.2) is 18.2 Å². The minimum absolute atomic E-state index is 0.108. The fourth-order valence-electron chi connectivity index (χ4n) is 1.60. The molecule has 1 aliphatic rings. The molecule has 1 fully saturated rings. The third-order valence-corrected chi connectivity index (χ3v) is 3.64. The van der Waals surface area contributed by atoms with Crippen molar-refractivity contribution in [1.82, 2.24) is 4.90 Å². The number of amides is 1. The molecule has 0 saturated carbocycles. The van der Waals surface area contributed by atoms with Crippen molar-refractivity contribution in [3.8, 4) is 0 Å². The van der Waals surface area contributed by atoms with Crippen molar-refractivity contribution in [2.45, 2.75) is 0 Å². The van der Waals surface area contributed by atoms with Crippen LogP contribution in [0, 0.1) is 5.82 Å². The molecule has 1 saturated heterocycles. The number of benzene rings is 1. The topological polar surface area (TPSA) is 20.3 Å². The summed E-state index contributed by atoms with van der Waals surface area (Å²) in [5.74, 6) is 1.05. The van der Waals surface area contributed by atoms with Crippen LogP contribution >= 0.6 is 23.4 Å². The SMILES string of the molecule is O=C(c1ccc(Cl)cc1F)N1CCSCC1. The molecule has 2 nitrogen and oxygen atoms in total. The van der Waals surface area contributed by atoms with Gasteiger partial charge < -0.3 is 4.90 Å². The quantitative estimate of drug-likeness (QED) is 0.773. The second-order valence-electron chi connectivity index (χ2n) is 3.53. The minimum Gasteiger partial charge on any atom is -0.337 e. The zero-order valence-corrected chi connectivity index (χ0v) is 10.2. The van der Waals surface area contributed by atoms with Crippen LogP contribution < -0.4 is 0 Å². The number of hydrogen-bond donors (Lipinski definition) is 0. The Labute approximate surface area is 103 Å². The van der Waals surface area contributed by atoms with Crippen LogP contribution in [0.4, 0.5) is 4.39 Å². The van der Waals surface area contributed by atoms with E-state index in [0.29, 0.717) is 18.1 Å². The van der Waals surface area contributed by atoms with Crippen molar-refractivity contribution in [1.29, 1.82) is 0 Å². The molecular formula is C11H11ClFNOS. The first kappa shape index (κ1) is 11.7. The van der Waals surface area contributed by atoms with E-state index in [-0.39, 0.29) is 11.5 Å². The third kappa shape index (κ3) is 2.50. The third-order valence-electron chi connectivity index (χ3n) is 2.46. The van der Waals surface area contributed by atoms with Crippen molar-refractivity contribution >= 4 is 29.3 Å². The lowest BCUT2D eigenvalue weighted by Gasteiger charge is -2.26. The van der Waals surface area contributed by atoms with Gasteiger partial charge in [-0.05, 0) is 18.2 Å². The van der Waals surface area contributed by atoms with Crippen LogP contribution in [0.2, 0.25) is 5.02 Å². The Kier molecular flexibility index (Phi) is 3.71. The second kappa shape index (κ2) is 5.06. The van der Waals surface area contributed by atoms with Gasteiger partial charge in [-0.25, -0.2) is 4.39 Å². The Morgan fingerprint density at radius 1 is 1.38 bits per heavy atom. The van der Waals surface area contributed by atoms with Crippen LogP contribution in [0.5, 0.6) is 0 Å². The first-order valence-electron chi connectivity index (χ1n) is 5.00. The summed E-state index contributed by atoms with van der Waals surface area (Å²) in [5, 5.41) is 0.309. The van der Waals surface area contributed by atoms with Gasteiger partial charge in [-0.15, -0.1) is 0 Å². The average molecular weight is 260 g/mol. The van der Waals surface area contributed by atoms with Crippen LogP contribution in [0.3, 0.4) is 0 Å². The lowest BCUT2D eigenvalue weighted by Crippen LogP contribution is -2.38. The lowest BCUT2D eigenvalue weighted by molar-refractivity contribution is 0.0767. The van der Waals surface area contributed by atoms with Gasteiger partial charge in [-0.2, -0.15) is 11.8 Å². The molecule has 0 N–H and O–H groups in total. The maximum absolute atomic E-state index is 13.5. The molecule has 0 aliphatic carbocycles. The Morgan fingerprint density at radius 2 is 2.06 bits per heavy atom. The van der Waals surface area contributed by atoms with E-state index < -0.39 is 5.82 Å². The van der Waals surface area contributed by atoms with Gasteiger partial charge in [0, 0.05) is 29.6 Å². The molecule has 0 aromatic heterocycles. The van der Waals surface area contributed by atoms with Gasteiger partial charge in [0.25, 0.3) is 5.91 Å². The molecule has 86 valence electrons. The molecule has 0 atom stereocenters. The number of rotatable bonds is 1. The van der Waals surface area contributed by atoms with Crippen molar-refractivity contribution < 1.29 is 9.18 Å². The highest BCUT2D eigenvalue weighted by Gasteiger charge is 2.21. The normalized spacial score (nSPS) is 16.2. The first-order chi connectivity index (χ1) is 7.68. The molecule has 1 aromatic rings. The summed E-state index contributed by atoms with van der Waals surface area (Å²) in [6.45, 7) is 1.37. The number of nitrogens with zero attached hydrogens (tertiary/aromatic N) is 1. The highest BCUT2D eigenvalue weighted by molar-refractivity contribution is 7.99. The molecule has 0 bridgehead atoms. The predicted octanol–water partition coefficient (Wildman–Crippen LogP) is 2.67. The van der Waals surface area contributed by atoms with Crippen LogP contribution in [-0.2, 0) is 0 Å². The number of halogens is 2. The van der Waals surface area contributed by atoms with E-state index in [4.69, 9.17) is 11.6 Å². The smallest absolute Gasteiger partial charge is 0.256 e. The molecule has 1 amide bonds. The number of carbonyl (C=O) groups is 1. The summed E-state index contributed by atoms with van der Waals surface area (Å²) >= 11 is 7.45. The van der Waals surface area contributed by atoms with E-state index in [1.807, 2.05) is 11.8 Å². The molecule has 1 aromatic carbocycles. The summed E-state index contributed by atoms with van der Waals surface area (Å²) < 4.78 is 13.5. The van der Waals surface area contributed by atoms with Crippen LogP contribution in [-0.4, -0.2) is 35.4 Å². The summed E-state index contributed by atoms with van der Waals surface area (Å²) in [7, 11) is 0. The van der Waals surface area contributed by atoms with E-state index in [1.165, 1.54) is 18.2 Å². The first-order valence-corrected chi connectivity index (χ1v) is 6.54. The van der Waals surface area contributed by atoms with Gasteiger partial charge in [0.05, 0.1) is 5.56 Å². The maximum Gasteiger partial charge on any atom is 0.256 e. The van der Waals surface area contributed by atoms with E-state index in [1.54, 1.807) is 4.90 Å². The van der Waals surface area contributed by atoms with Crippen molar-refractivity contribution in [2.75, 3.05) is 24.6 Å². The van der Waals surface area contributed by atoms with E-state index in [0.717, 1.165) is 11.5 Å². The number of thioether (sulfide) groups is 1. The van der Waals surface area contributed by atoms with Gasteiger partial charge in [0.1, 0.15) is 5.82 Å². The fraction of sp³-hybridized carbons (Fsp3) is 0.364. The second-order valence-corrected chi connectivity index (χ2v) is 5.19. The molecule has 2 rings (SSSR count). The molecule has 16 heavy (non-hydrogen) atoms. The van der Waals surface area contributed by atoms with E-state index >= 15 is 0 Å². The minimum atomic E-state index is -0.546. The van der Waals surface area contributed by atoms with Crippen LogP contribution in [0.1, 0.15) is 10.4 Å². The van der Waals surface area contributed by atoms with Crippen molar-refractivity contribution in [3.63, 3.8) is 0 Å². The highest BCUT2D eigenvalue weighted by Crippen LogP contribution is 2.18. The maximum atomic E-state index is 13.5. The van der Waals surface area contributed by atoms with Gasteiger partial charge in [-0.3, -0.25) is 4.79 Å². The standard InChI is InChI=1S/C11H11ClFNOS/c12-8-1-2-9(10(13)7-8)11(15)14-3-5-16-6-4-14/h1-2,7H,3-6H2. The average Bonchev–Trinajstić information content (AvgIpc) is 2.29. The van der Waals surface area contributed by atoms with Crippen molar-refractivity contribution in [3.05, 3.63) is 34.6 Å². The molecular weight excluding hydrogens is 249 g/mol. The Morgan fingerprint density at radius 3 is 2.69 bits per heavy atom. The molecule has 0 radical (unpaired) electrons. The summed E-state index contributed by atoms with van der Waals surface area (Å²) in [5.41, 5.74) is 0.108. The van der Waals surface area contributed by atoms with E-state index in [2.05, 4.69) is 0 Å². The predicted molar refractivity (Wildman–Crippen MR) is 64.6 cm³/mol. The zero-order chi connectivity index (χ0) is 11.5.